The molecule has 1 fully saturated rings. The third-order valence-corrected chi connectivity index (χ3v) is 6.44. The van der Waals surface area contributed by atoms with Gasteiger partial charge in [-0.1, -0.05) is 30.0 Å². The first-order chi connectivity index (χ1) is 16.6. The number of anilines is 2. The highest BCUT2D eigenvalue weighted by molar-refractivity contribution is 7.98. The summed E-state index contributed by atoms with van der Waals surface area (Å²) in [6, 6.07) is 13.3. The van der Waals surface area contributed by atoms with Gasteiger partial charge in [-0.3, -0.25) is 4.79 Å². The average Bonchev–Trinajstić information content (AvgIpc) is 3.27. The molecule has 1 N–H and O–H groups in total. The largest absolute Gasteiger partial charge is 0.378 e. The van der Waals surface area contributed by atoms with Crippen LogP contribution in [-0.4, -0.2) is 56.8 Å². The number of hydrogen-bond acceptors (Lipinski definition) is 8. The van der Waals surface area contributed by atoms with Crippen molar-refractivity contribution in [2.45, 2.75) is 24.8 Å². The van der Waals surface area contributed by atoms with E-state index in [1.54, 1.807) is 10.7 Å². The van der Waals surface area contributed by atoms with Crippen LogP contribution in [0.5, 0.6) is 0 Å². The van der Waals surface area contributed by atoms with Gasteiger partial charge in [-0.2, -0.15) is 4.98 Å². The summed E-state index contributed by atoms with van der Waals surface area (Å²) in [5.41, 5.74) is 4.06. The molecule has 9 nitrogen and oxygen atoms in total. The average molecular weight is 476 g/mol. The molecule has 1 aromatic carbocycles. The number of hydrogen-bond donors (Lipinski definition) is 1. The van der Waals surface area contributed by atoms with Gasteiger partial charge in [0, 0.05) is 35.8 Å². The van der Waals surface area contributed by atoms with E-state index in [0.717, 1.165) is 35.9 Å². The molecule has 0 spiro atoms. The lowest BCUT2D eigenvalue weighted by atomic mass is 10.1. The van der Waals surface area contributed by atoms with Gasteiger partial charge in [0.1, 0.15) is 5.82 Å². The van der Waals surface area contributed by atoms with Gasteiger partial charge in [0.2, 0.25) is 5.16 Å². The van der Waals surface area contributed by atoms with Crippen molar-refractivity contribution in [3.63, 3.8) is 0 Å². The SMILES string of the molecule is Cc1cc(C)n2nc(SCc3ccccc3C(=O)Nc3ccc(N4CCOCC4)nc3)nc2n1. The molecule has 0 bridgehead atoms. The van der Waals surface area contributed by atoms with Crippen LogP contribution in [0.15, 0.2) is 53.8 Å². The molecule has 34 heavy (non-hydrogen) atoms. The smallest absolute Gasteiger partial charge is 0.256 e. The van der Waals surface area contributed by atoms with Crippen molar-refractivity contribution in [1.29, 1.82) is 0 Å². The number of aromatic nitrogens is 5. The summed E-state index contributed by atoms with van der Waals surface area (Å²) in [6.45, 7) is 6.96. The number of fused-ring (bicyclic) bond motifs is 1. The predicted molar refractivity (Wildman–Crippen MR) is 131 cm³/mol. The van der Waals surface area contributed by atoms with Crippen molar-refractivity contribution in [3.05, 3.63) is 71.2 Å². The number of carbonyl (C=O) groups excluding carboxylic acids is 1. The molecular weight excluding hydrogens is 450 g/mol. The highest BCUT2D eigenvalue weighted by atomic mass is 32.2. The van der Waals surface area contributed by atoms with Crippen LogP contribution in [0.25, 0.3) is 5.78 Å². The van der Waals surface area contributed by atoms with Crippen molar-refractivity contribution < 1.29 is 9.53 Å². The fourth-order valence-corrected chi connectivity index (χ4v) is 4.68. The zero-order valence-corrected chi connectivity index (χ0v) is 19.9. The van der Waals surface area contributed by atoms with Crippen molar-refractivity contribution in [3.8, 4) is 0 Å². The number of benzene rings is 1. The second-order valence-electron chi connectivity index (χ2n) is 8.05. The van der Waals surface area contributed by atoms with E-state index in [0.29, 0.717) is 41.2 Å². The van der Waals surface area contributed by atoms with Crippen molar-refractivity contribution >= 4 is 35.0 Å². The number of aryl methyl sites for hydroxylation is 2. The monoisotopic (exact) mass is 475 g/mol. The molecule has 0 radical (unpaired) electrons. The highest BCUT2D eigenvalue weighted by Crippen LogP contribution is 2.24. The quantitative estimate of drug-likeness (QED) is 0.423. The van der Waals surface area contributed by atoms with Crippen LogP contribution in [0, 0.1) is 13.8 Å². The molecule has 1 aliphatic heterocycles. The maximum Gasteiger partial charge on any atom is 0.256 e. The Labute approximate surface area is 201 Å². The van der Waals surface area contributed by atoms with E-state index in [2.05, 4.69) is 30.3 Å². The molecule has 1 saturated heterocycles. The van der Waals surface area contributed by atoms with Gasteiger partial charge in [-0.25, -0.2) is 14.5 Å². The molecule has 0 aliphatic carbocycles. The topological polar surface area (TPSA) is 97.5 Å². The molecule has 3 aromatic heterocycles. The van der Waals surface area contributed by atoms with Crippen LogP contribution in [0.3, 0.4) is 0 Å². The molecular formula is C24H25N7O2S. The number of morpholine rings is 1. The fourth-order valence-electron chi connectivity index (χ4n) is 3.86. The summed E-state index contributed by atoms with van der Waals surface area (Å²) in [5.74, 6) is 1.86. The zero-order valence-electron chi connectivity index (χ0n) is 19.1. The Morgan fingerprint density at radius 3 is 2.74 bits per heavy atom. The number of thioether (sulfide) groups is 1. The summed E-state index contributed by atoms with van der Waals surface area (Å²) < 4.78 is 7.13. The van der Waals surface area contributed by atoms with E-state index in [4.69, 9.17) is 4.74 Å². The normalized spacial score (nSPS) is 13.9. The minimum Gasteiger partial charge on any atom is -0.378 e. The molecule has 0 unspecified atom stereocenters. The molecule has 4 aromatic rings. The molecule has 5 rings (SSSR count). The summed E-state index contributed by atoms with van der Waals surface area (Å²) >= 11 is 1.48. The third kappa shape index (κ3) is 4.87. The van der Waals surface area contributed by atoms with Gasteiger partial charge in [0.05, 0.1) is 25.1 Å². The van der Waals surface area contributed by atoms with Gasteiger partial charge < -0.3 is 15.0 Å². The maximum atomic E-state index is 13.0. The predicted octanol–water partition coefficient (Wildman–Crippen LogP) is 3.52. The summed E-state index contributed by atoms with van der Waals surface area (Å²) in [6.07, 6.45) is 1.69. The second-order valence-corrected chi connectivity index (χ2v) is 8.99. The minimum atomic E-state index is -0.173. The number of amides is 1. The Morgan fingerprint density at radius 1 is 1.12 bits per heavy atom. The van der Waals surface area contributed by atoms with Crippen LogP contribution < -0.4 is 10.2 Å². The Morgan fingerprint density at radius 2 is 1.94 bits per heavy atom. The number of carbonyl (C=O) groups is 1. The van der Waals surface area contributed by atoms with Crippen LogP contribution in [0.2, 0.25) is 0 Å². The maximum absolute atomic E-state index is 13.0. The van der Waals surface area contributed by atoms with Crippen molar-refractivity contribution in [1.82, 2.24) is 24.6 Å². The van der Waals surface area contributed by atoms with Gasteiger partial charge in [0.25, 0.3) is 11.7 Å². The Hall–Kier alpha value is -3.50. The van der Waals surface area contributed by atoms with Crippen LogP contribution in [0.4, 0.5) is 11.5 Å². The van der Waals surface area contributed by atoms with E-state index in [1.807, 2.05) is 56.3 Å². The Kier molecular flexibility index (Phi) is 6.41. The number of pyridine rings is 1. The lowest BCUT2D eigenvalue weighted by Gasteiger charge is -2.27. The van der Waals surface area contributed by atoms with E-state index in [9.17, 15) is 4.79 Å². The molecule has 10 heteroatoms. The first-order valence-electron chi connectivity index (χ1n) is 11.1. The third-order valence-electron chi connectivity index (χ3n) is 5.56. The van der Waals surface area contributed by atoms with E-state index in [1.165, 1.54) is 11.8 Å². The van der Waals surface area contributed by atoms with Gasteiger partial charge in [-0.15, -0.1) is 5.10 Å². The van der Waals surface area contributed by atoms with Crippen LogP contribution in [-0.2, 0) is 10.5 Å². The molecule has 0 saturated carbocycles. The Balaban J connectivity index is 1.27. The van der Waals surface area contributed by atoms with Gasteiger partial charge in [0.15, 0.2) is 0 Å². The van der Waals surface area contributed by atoms with Crippen molar-refractivity contribution in [2.75, 3.05) is 36.5 Å². The molecule has 1 aliphatic rings. The molecule has 0 atom stereocenters. The summed E-state index contributed by atoms with van der Waals surface area (Å²) in [7, 11) is 0. The van der Waals surface area contributed by atoms with Crippen molar-refractivity contribution in [2.24, 2.45) is 0 Å². The minimum absolute atomic E-state index is 0.173. The first kappa shape index (κ1) is 22.3. The van der Waals surface area contributed by atoms with Gasteiger partial charge in [-0.05, 0) is 43.7 Å². The Bertz CT molecular complexity index is 1320. The van der Waals surface area contributed by atoms with E-state index >= 15 is 0 Å². The fraction of sp³-hybridized carbons (Fsp3) is 0.292. The lowest BCUT2D eigenvalue weighted by molar-refractivity contribution is 0.102. The summed E-state index contributed by atoms with van der Waals surface area (Å²) in [5, 5.41) is 8.13. The molecule has 1 amide bonds. The number of nitrogens with one attached hydrogen (secondary N) is 1. The number of rotatable bonds is 6. The van der Waals surface area contributed by atoms with E-state index in [-0.39, 0.29) is 5.91 Å². The lowest BCUT2D eigenvalue weighted by Crippen LogP contribution is -2.36. The van der Waals surface area contributed by atoms with E-state index < -0.39 is 0 Å². The molecule has 4 heterocycles. The number of nitrogens with zero attached hydrogens (tertiary/aromatic N) is 6. The standard InChI is InChI=1S/C24H25N7O2S/c1-16-13-17(2)31-23(26-16)28-24(29-31)34-15-18-5-3-4-6-20(18)22(32)27-19-7-8-21(25-14-19)30-9-11-33-12-10-30/h3-8,13-14H,9-12,15H2,1-2H3,(H,27,32). The van der Waals surface area contributed by atoms with Crippen LogP contribution >= 0.6 is 11.8 Å². The summed E-state index contributed by atoms with van der Waals surface area (Å²) in [4.78, 5) is 28.7. The molecule has 174 valence electrons. The second kappa shape index (κ2) is 9.78. The highest BCUT2D eigenvalue weighted by Gasteiger charge is 2.15. The first-order valence-corrected chi connectivity index (χ1v) is 12.1. The zero-order chi connectivity index (χ0) is 23.5. The van der Waals surface area contributed by atoms with Crippen LogP contribution in [0.1, 0.15) is 27.3 Å². The number of ether oxygens (including phenoxy) is 1. The van der Waals surface area contributed by atoms with Gasteiger partial charge >= 0.3 is 0 Å².